The van der Waals surface area contributed by atoms with Gasteiger partial charge in [0.25, 0.3) is 10.0 Å². The summed E-state index contributed by atoms with van der Waals surface area (Å²) in [4.78, 5) is 30.3. The number of rotatable bonds is 14. The molecule has 8 nitrogen and oxygen atoms in total. The molecule has 0 unspecified atom stereocenters. The number of halogens is 2. The fourth-order valence-electron chi connectivity index (χ4n) is 5.89. The molecule has 4 aromatic carbocycles. The lowest BCUT2D eigenvalue weighted by molar-refractivity contribution is -0.140. The molecule has 0 bridgehead atoms. The van der Waals surface area contributed by atoms with Gasteiger partial charge in [-0.15, -0.1) is 0 Å². The Kier molecular flexibility index (Phi) is 12.2. The van der Waals surface area contributed by atoms with E-state index < -0.39 is 28.5 Å². The second-order valence-electron chi connectivity index (χ2n) is 11.7. The van der Waals surface area contributed by atoms with Crippen molar-refractivity contribution >= 4 is 55.1 Å². The van der Waals surface area contributed by atoms with Crippen molar-refractivity contribution in [2.24, 2.45) is 0 Å². The summed E-state index contributed by atoms with van der Waals surface area (Å²) in [5.41, 5.74) is 1.95. The van der Waals surface area contributed by atoms with Gasteiger partial charge in [-0.3, -0.25) is 13.9 Å². The van der Waals surface area contributed by atoms with Crippen LogP contribution in [0.25, 0.3) is 0 Å². The fourth-order valence-corrected chi connectivity index (χ4v) is 7.88. The largest absolute Gasteiger partial charge is 0.494 e. The lowest BCUT2D eigenvalue weighted by Gasteiger charge is -2.34. The molecule has 4 aromatic rings. The van der Waals surface area contributed by atoms with Crippen LogP contribution in [0, 0.1) is 0 Å². The molecule has 0 radical (unpaired) electrons. The van der Waals surface area contributed by atoms with Gasteiger partial charge in [0.2, 0.25) is 11.8 Å². The molecule has 1 aliphatic rings. The molecule has 1 fully saturated rings. The number of sulfonamides is 1. The van der Waals surface area contributed by atoms with E-state index >= 15 is 0 Å². The Bertz CT molecular complexity index is 1780. The summed E-state index contributed by atoms with van der Waals surface area (Å²) >= 11 is 9.61. The van der Waals surface area contributed by atoms with E-state index in [0.29, 0.717) is 17.4 Å². The third-order valence-electron chi connectivity index (χ3n) is 8.33. The monoisotopic (exact) mass is 751 g/mol. The van der Waals surface area contributed by atoms with Crippen molar-refractivity contribution in [3.05, 3.63) is 124 Å². The highest BCUT2D eigenvalue weighted by atomic mass is 79.9. The van der Waals surface area contributed by atoms with E-state index in [4.69, 9.17) is 16.3 Å². The van der Waals surface area contributed by atoms with Gasteiger partial charge < -0.3 is 15.0 Å². The predicted octanol–water partition coefficient (Wildman–Crippen LogP) is 7.40. The Balaban J connectivity index is 1.56. The van der Waals surface area contributed by atoms with Crippen LogP contribution in [0.4, 0.5) is 5.69 Å². The van der Waals surface area contributed by atoms with Gasteiger partial charge in [0.1, 0.15) is 18.3 Å². The number of carbonyl (C=O) groups is 2. The maximum Gasteiger partial charge on any atom is 0.264 e. The molecule has 11 heteroatoms. The van der Waals surface area contributed by atoms with E-state index in [0.717, 1.165) is 45.6 Å². The van der Waals surface area contributed by atoms with Crippen molar-refractivity contribution in [2.45, 2.75) is 62.6 Å². The summed E-state index contributed by atoms with van der Waals surface area (Å²) in [5, 5.41) is 3.58. The number of amides is 2. The van der Waals surface area contributed by atoms with Crippen LogP contribution in [0.1, 0.15) is 43.7 Å². The van der Waals surface area contributed by atoms with Gasteiger partial charge in [-0.25, -0.2) is 8.42 Å². The SMILES string of the molecule is CCOc1ccc(N(CC(=O)N(Cc2cccc(Br)c2)[C@H](Cc2ccccc2)C(=O)NC2CCCC2)S(=O)(=O)c2ccc(Cl)cc2)cc1. The average Bonchev–Trinajstić information content (AvgIpc) is 3.59. The van der Waals surface area contributed by atoms with Gasteiger partial charge >= 0.3 is 0 Å². The number of hydrogen-bond acceptors (Lipinski definition) is 5. The fraction of sp³-hybridized carbons (Fsp3) is 0.297. The lowest BCUT2D eigenvalue weighted by Crippen LogP contribution is -2.54. The Labute approximate surface area is 296 Å². The second-order valence-corrected chi connectivity index (χ2v) is 15.0. The van der Waals surface area contributed by atoms with Crippen molar-refractivity contribution < 1.29 is 22.7 Å². The van der Waals surface area contributed by atoms with Gasteiger partial charge in [-0.05, 0) is 91.6 Å². The number of anilines is 1. The van der Waals surface area contributed by atoms with Crippen LogP contribution in [0.2, 0.25) is 5.02 Å². The van der Waals surface area contributed by atoms with Gasteiger partial charge in [0, 0.05) is 28.5 Å². The van der Waals surface area contributed by atoms with E-state index in [1.807, 2.05) is 61.5 Å². The maximum atomic E-state index is 14.7. The summed E-state index contributed by atoms with van der Waals surface area (Å²) < 4.78 is 36.0. The molecule has 5 rings (SSSR count). The normalized spacial score (nSPS) is 13.9. The van der Waals surface area contributed by atoms with E-state index in [-0.39, 0.29) is 35.5 Å². The topological polar surface area (TPSA) is 96.0 Å². The van der Waals surface area contributed by atoms with Crippen molar-refractivity contribution in [1.82, 2.24) is 10.2 Å². The number of benzene rings is 4. The number of nitrogens with zero attached hydrogens (tertiary/aromatic N) is 2. The zero-order valence-electron chi connectivity index (χ0n) is 26.7. The molecule has 0 spiro atoms. The first-order chi connectivity index (χ1) is 23.1. The molecule has 0 aliphatic heterocycles. The summed E-state index contributed by atoms with van der Waals surface area (Å²) in [7, 11) is -4.25. The van der Waals surface area contributed by atoms with Crippen LogP contribution in [0.15, 0.2) is 112 Å². The van der Waals surface area contributed by atoms with E-state index in [9.17, 15) is 18.0 Å². The van der Waals surface area contributed by atoms with Crippen LogP contribution in [0.5, 0.6) is 5.75 Å². The quantitative estimate of drug-likeness (QED) is 0.145. The van der Waals surface area contributed by atoms with Crippen LogP contribution >= 0.6 is 27.5 Å². The van der Waals surface area contributed by atoms with Gasteiger partial charge in [0.05, 0.1) is 17.2 Å². The molecular formula is C37H39BrClN3O5S. The van der Waals surface area contributed by atoms with Crippen LogP contribution in [-0.4, -0.2) is 50.4 Å². The molecule has 48 heavy (non-hydrogen) atoms. The first kappa shape index (κ1) is 35.4. The van der Waals surface area contributed by atoms with Crippen molar-refractivity contribution in [3.8, 4) is 5.75 Å². The molecular weight excluding hydrogens is 714 g/mol. The number of carbonyl (C=O) groups excluding carboxylic acids is 2. The third-order valence-corrected chi connectivity index (χ3v) is 10.9. The van der Waals surface area contributed by atoms with Crippen LogP contribution < -0.4 is 14.4 Å². The molecule has 1 aliphatic carbocycles. The third kappa shape index (κ3) is 9.18. The lowest BCUT2D eigenvalue weighted by atomic mass is 10.0. The summed E-state index contributed by atoms with van der Waals surface area (Å²) in [6.07, 6.45) is 4.10. The number of ether oxygens (including phenoxy) is 1. The highest BCUT2D eigenvalue weighted by molar-refractivity contribution is 9.10. The molecule has 1 atom stereocenters. The van der Waals surface area contributed by atoms with E-state index in [1.165, 1.54) is 29.2 Å². The summed E-state index contributed by atoms with van der Waals surface area (Å²) in [5.74, 6) is -0.217. The standard InChI is InChI=1S/C37H39BrClN3O5S/c1-2-47-33-19-17-32(18-20-33)42(48(45,46)34-21-15-30(39)16-22-34)26-36(43)41(25-28-11-8-12-29(38)23-28)35(24-27-9-4-3-5-10-27)37(44)40-31-13-6-7-14-31/h3-5,8-12,15-23,31,35H,2,6-7,13-14,24-26H2,1H3,(H,40,44)/t35-/m1/s1. The number of nitrogens with one attached hydrogen (secondary N) is 1. The van der Waals surface area contributed by atoms with Crippen molar-refractivity contribution in [3.63, 3.8) is 0 Å². The number of hydrogen-bond donors (Lipinski definition) is 1. The summed E-state index contributed by atoms with van der Waals surface area (Å²) in [6.45, 7) is 1.85. The highest BCUT2D eigenvalue weighted by Gasteiger charge is 2.35. The van der Waals surface area contributed by atoms with Crippen LogP contribution in [-0.2, 0) is 32.6 Å². The minimum atomic E-state index is -4.25. The van der Waals surface area contributed by atoms with Gasteiger partial charge in [-0.1, -0.05) is 82.8 Å². The average molecular weight is 753 g/mol. The minimum absolute atomic E-state index is 0.0214. The Hall–Kier alpha value is -3.86. The van der Waals surface area contributed by atoms with Gasteiger partial charge in [0.15, 0.2) is 0 Å². The minimum Gasteiger partial charge on any atom is -0.494 e. The van der Waals surface area contributed by atoms with Crippen LogP contribution in [0.3, 0.4) is 0 Å². The highest BCUT2D eigenvalue weighted by Crippen LogP contribution is 2.28. The Morgan fingerprint density at radius 1 is 0.917 bits per heavy atom. The molecule has 0 saturated heterocycles. The molecule has 0 heterocycles. The van der Waals surface area contributed by atoms with Gasteiger partial charge in [-0.2, -0.15) is 0 Å². The van der Waals surface area contributed by atoms with E-state index in [1.54, 1.807) is 24.3 Å². The molecule has 2 amide bonds. The molecule has 0 aromatic heterocycles. The first-order valence-electron chi connectivity index (χ1n) is 16.0. The van der Waals surface area contributed by atoms with Crippen molar-refractivity contribution in [1.29, 1.82) is 0 Å². The molecule has 252 valence electrons. The molecule has 1 N–H and O–H groups in total. The predicted molar refractivity (Wildman–Crippen MR) is 193 cm³/mol. The Morgan fingerprint density at radius 3 is 2.23 bits per heavy atom. The zero-order valence-corrected chi connectivity index (χ0v) is 29.9. The molecule has 1 saturated carbocycles. The second kappa shape index (κ2) is 16.5. The Morgan fingerprint density at radius 2 is 1.58 bits per heavy atom. The van der Waals surface area contributed by atoms with Crippen molar-refractivity contribution in [2.75, 3.05) is 17.5 Å². The smallest absolute Gasteiger partial charge is 0.264 e. The summed E-state index contributed by atoms with van der Waals surface area (Å²) in [6, 6.07) is 28.6. The zero-order chi connectivity index (χ0) is 34.1. The maximum absolute atomic E-state index is 14.7. The van der Waals surface area contributed by atoms with E-state index in [2.05, 4.69) is 21.2 Å². The first-order valence-corrected chi connectivity index (χ1v) is 18.6.